The molecule has 1 aliphatic carbocycles. The summed E-state index contributed by atoms with van der Waals surface area (Å²) in [5, 5.41) is 6.87. The fourth-order valence-electron chi connectivity index (χ4n) is 4.49. The van der Waals surface area contributed by atoms with Crippen LogP contribution >= 0.6 is 0 Å². The minimum Gasteiger partial charge on any atom is -0.497 e. The van der Waals surface area contributed by atoms with E-state index in [0.717, 1.165) is 41.4 Å². The van der Waals surface area contributed by atoms with Gasteiger partial charge in [-0.3, -0.25) is 0 Å². The van der Waals surface area contributed by atoms with Crippen LogP contribution in [0.15, 0.2) is 60.9 Å². The van der Waals surface area contributed by atoms with Gasteiger partial charge in [-0.2, -0.15) is 9.97 Å². The number of imidazole rings is 1. The van der Waals surface area contributed by atoms with Crippen LogP contribution in [-0.2, 0) is 6.42 Å². The Morgan fingerprint density at radius 1 is 0.970 bits per heavy atom. The van der Waals surface area contributed by atoms with Crippen molar-refractivity contribution in [3.8, 4) is 5.75 Å². The third-order valence-electron chi connectivity index (χ3n) is 6.28. The van der Waals surface area contributed by atoms with Crippen molar-refractivity contribution in [1.29, 1.82) is 0 Å². The molecule has 2 heterocycles. The molecule has 0 bridgehead atoms. The fraction of sp³-hybridized carbons (Fsp3) is 0.346. The number of para-hydroxylation sites is 1. The largest absolute Gasteiger partial charge is 0.497 e. The maximum Gasteiger partial charge on any atom is 0.231 e. The van der Waals surface area contributed by atoms with Crippen LogP contribution in [0.1, 0.15) is 43.7 Å². The Morgan fingerprint density at radius 3 is 2.52 bits per heavy atom. The van der Waals surface area contributed by atoms with Gasteiger partial charge in [-0.05, 0) is 49.1 Å². The van der Waals surface area contributed by atoms with Crippen LogP contribution in [0.5, 0.6) is 5.75 Å². The highest BCUT2D eigenvalue weighted by Gasteiger charge is 2.21. The van der Waals surface area contributed by atoms with Gasteiger partial charge in [0.2, 0.25) is 5.95 Å². The summed E-state index contributed by atoms with van der Waals surface area (Å²) in [4.78, 5) is 14.4. The van der Waals surface area contributed by atoms with Crippen LogP contribution in [0.3, 0.4) is 0 Å². The van der Waals surface area contributed by atoms with Gasteiger partial charge in [-0.15, -0.1) is 0 Å². The van der Waals surface area contributed by atoms with E-state index in [1.165, 1.54) is 37.7 Å². The zero-order valence-corrected chi connectivity index (χ0v) is 19.0. The van der Waals surface area contributed by atoms with Crippen LogP contribution in [0.25, 0.3) is 11.2 Å². The fourth-order valence-corrected chi connectivity index (χ4v) is 4.49. The molecule has 0 atom stereocenters. The predicted molar refractivity (Wildman–Crippen MR) is 132 cm³/mol. The number of benzene rings is 2. The molecule has 33 heavy (non-hydrogen) atoms. The quantitative estimate of drug-likeness (QED) is 0.362. The minimum absolute atomic E-state index is 0.454. The number of rotatable bonds is 8. The Bertz CT molecular complexity index is 1180. The van der Waals surface area contributed by atoms with Gasteiger partial charge < -0.3 is 19.9 Å². The molecule has 2 N–H and O–H groups in total. The van der Waals surface area contributed by atoms with Crippen molar-refractivity contribution >= 4 is 28.6 Å². The summed E-state index contributed by atoms with van der Waals surface area (Å²) in [6.07, 6.45) is 9.01. The first-order valence-corrected chi connectivity index (χ1v) is 11.7. The molecule has 5 rings (SSSR count). The number of anilines is 3. The second kappa shape index (κ2) is 9.90. The average molecular weight is 443 g/mol. The Balaban J connectivity index is 1.41. The highest BCUT2D eigenvalue weighted by molar-refractivity contribution is 5.84. The molecule has 7 nitrogen and oxygen atoms in total. The number of nitrogens with one attached hydrogen (secondary N) is 2. The molecule has 0 unspecified atom stereocenters. The molecule has 2 aromatic carbocycles. The molecule has 0 saturated heterocycles. The Hall–Kier alpha value is -3.61. The maximum atomic E-state index is 5.26. The number of aromatic nitrogens is 4. The minimum atomic E-state index is 0.454. The van der Waals surface area contributed by atoms with E-state index >= 15 is 0 Å². The van der Waals surface area contributed by atoms with E-state index in [2.05, 4.69) is 27.3 Å². The van der Waals surface area contributed by atoms with E-state index in [1.807, 2.05) is 48.8 Å². The second-order valence-electron chi connectivity index (χ2n) is 8.53. The maximum absolute atomic E-state index is 5.26. The van der Waals surface area contributed by atoms with Crippen molar-refractivity contribution in [3.63, 3.8) is 0 Å². The van der Waals surface area contributed by atoms with Crippen molar-refractivity contribution in [2.75, 3.05) is 24.3 Å². The lowest BCUT2D eigenvalue weighted by Gasteiger charge is -2.23. The molecule has 0 spiro atoms. The molecular formula is C26H30N6O. The van der Waals surface area contributed by atoms with Crippen LogP contribution in [0.4, 0.5) is 17.5 Å². The van der Waals surface area contributed by atoms with E-state index in [9.17, 15) is 0 Å². The third kappa shape index (κ3) is 4.92. The van der Waals surface area contributed by atoms with Gasteiger partial charge in [0.15, 0.2) is 17.0 Å². The summed E-state index contributed by atoms with van der Waals surface area (Å²) in [7, 11) is 1.68. The zero-order valence-electron chi connectivity index (χ0n) is 19.0. The monoisotopic (exact) mass is 442 g/mol. The highest BCUT2D eigenvalue weighted by atomic mass is 16.5. The molecule has 0 aliphatic heterocycles. The number of hydrogen-bond acceptors (Lipinski definition) is 6. The van der Waals surface area contributed by atoms with Crippen molar-refractivity contribution in [3.05, 3.63) is 66.5 Å². The molecule has 7 heteroatoms. The molecule has 2 aromatic heterocycles. The summed E-state index contributed by atoms with van der Waals surface area (Å²) in [6.45, 7) is 0.750. The first-order chi connectivity index (χ1) is 16.3. The Morgan fingerprint density at radius 2 is 1.76 bits per heavy atom. The van der Waals surface area contributed by atoms with Crippen LogP contribution in [-0.4, -0.2) is 33.2 Å². The third-order valence-corrected chi connectivity index (χ3v) is 6.28. The average Bonchev–Trinajstić information content (AvgIpc) is 3.30. The molecule has 1 aliphatic rings. The lowest BCUT2D eigenvalue weighted by molar-refractivity contribution is 0.358. The standard InChI is InChI=1S/C26H30N6O/c1-33-22-14-12-19(13-15-22)16-17-27-24-23-25(32(18-28-23)21-10-6-3-7-11-21)31-26(30-24)29-20-8-4-2-5-9-20/h2,4-5,8-9,12-15,18,21H,3,6-7,10-11,16-17H2,1H3,(H2,27,29,30,31). The van der Waals surface area contributed by atoms with Gasteiger partial charge in [0.05, 0.1) is 13.4 Å². The molecule has 0 amide bonds. The van der Waals surface area contributed by atoms with Gasteiger partial charge in [-0.1, -0.05) is 49.6 Å². The van der Waals surface area contributed by atoms with Gasteiger partial charge in [0, 0.05) is 18.3 Å². The molecule has 1 saturated carbocycles. The van der Waals surface area contributed by atoms with Gasteiger partial charge in [0.25, 0.3) is 0 Å². The van der Waals surface area contributed by atoms with Gasteiger partial charge in [0.1, 0.15) is 5.75 Å². The van der Waals surface area contributed by atoms with Crippen molar-refractivity contribution in [2.45, 2.75) is 44.6 Å². The normalized spacial score (nSPS) is 14.3. The van der Waals surface area contributed by atoms with E-state index in [4.69, 9.17) is 19.7 Å². The molecule has 1 fully saturated rings. The summed E-state index contributed by atoms with van der Waals surface area (Å²) in [5.74, 6) is 2.22. The first-order valence-electron chi connectivity index (χ1n) is 11.7. The van der Waals surface area contributed by atoms with Crippen molar-refractivity contribution in [1.82, 2.24) is 19.5 Å². The second-order valence-corrected chi connectivity index (χ2v) is 8.53. The zero-order chi connectivity index (χ0) is 22.5. The SMILES string of the molecule is COc1ccc(CCNc2nc(Nc3ccccc3)nc3c2ncn3C2CCCCC2)cc1. The lowest BCUT2D eigenvalue weighted by atomic mass is 9.95. The van der Waals surface area contributed by atoms with Crippen LogP contribution in [0, 0.1) is 0 Å². The number of ether oxygens (including phenoxy) is 1. The van der Waals surface area contributed by atoms with Gasteiger partial charge >= 0.3 is 0 Å². The number of methoxy groups -OCH3 is 1. The molecule has 170 valence electrons. The molecule has 4 aromatic rings. The van der Waals surface area contributed by atoms with E-state index in [1.54, 1.807) is 7.11 Å². The topological polar surface area (TPSA) is 76.9 Å². The van der Waals surface area contributed by atoms with Crippen LogP contribution < -0.4 is 15.4 Å². The number of fused-ring (bicyclic) bond motifs is 1. The van der Waals surface area contributed by atoms with E-state index < -0.39 is 0 Å². The van der Waals surface area contributed by atoms with Gasteiger partial charge in [-0.25, -0.2) is 4.98 Å². The Kier molecular flexibility index (Phi) is 6.37. The van der Waals surface area contributed by atoms with Crippen molar-refractivity contribution in [2.24, 2.45) is 0 Å². The first kappa shape index (κ1) is 21.2. The predicted octanol–water partition coefficient (Wildman–Crippen LogP) is 5.74. The summed E-state index contributed by atoms with van der Waals surface area (Å²) in [5.41, 5.74) is 3.92. The lowest BCUT2D eigenvalue weighted by Crippen LogP contribution is -2.13. The molecule has 0 radical (unpaired) electrons. The Labute approximate surface area is 194 Å². The number of hydrogen-bond donors (Lipinski definition) is 2. The molecular weight excluding hydrogens is 412 g/mol. The van der Waals surface area contributed by atoms with Crippen LogP contribution in [0.2, 0.25) is 0 Å². The smallest absolute Gasteiger partial charge is 0.231 e. The summed E-state index contributed by atoms with van der Waals surface area (Å²) in [6, 6.07) is 18.7. The summed E-state index contributed by atoms with van der Waals surface area (Å²) < 4.78 is 7.51. The van der Waals surface area contributed by atoms with E-state index in [-0.39, 0.29) is 0 Å². The summed E-state index contributed by atoms with van der Waals surface area (Å²) >= 11 is 0. The number of nitrogens with zero attached hydrogens (tertiary/aromatic N) is 4. The van der Waals surface area contributed by atoms with Crippen molar-refractivity contribution < 1.29 is 4.74 Å². The van der Waals surface area contributed by atoms with E-state index in [0.29, 0.717) is 12.0 Å². The highest BCUT2D eigenvalue weighted by Crippen LogP contribution is 2.32.